The lowest BCUT2D eigenvalue weighted by Gasteiger charge is -2.34. The van der Waals surface area contributed by atoms with Crippen LogP contribution in [0.1, 0.15) is 17.2 Å². The first-order valence-electron chi connectivity index (χ1n) is 6.77. The lowest BCUT2D eigenvalue weighted by molar-refractivity contribution is -0.137. The van der Waals surface area contributed by atoms with E-state index >= 15 is 0 Å². The number of alkyl halides is 3. The van der Waals surface area contributed by atoms with Gasteiger partial charge >= 0.3 is 6.18 Å². The van der Waals surface area contributed by atoms with E-state index in [9.17, 15) is 18.3 Å². The Kier molecular flexibility index (Phi) is 5.08. The number of halogens is 3. The third-order valence-corrected chi connectivity index (χ3v) is 3.64. The molecule has 21 heavy (non-hydrogen) atoms. The molecule has 1 aromatic carbocycles. The standard InChI is InChI=1S/C14H19F3N2O2/c1-21-12-7-10(6-11(8-12)14(15,16)17)13(9-20)19-4-2-18-3-5-19/h6-8,13,18,20H,2-5,9H2,1H3/t13-/m1/s1. The molecule has 0 saturated carbocycles. The molecule has 1 aliphatic heterocycles. The van der Waals surface area contributed by atoms with E-state index < -0.39 is 17.8 Å². The van der Waals surface area contributed by atoms with Crippen molar-refractivity contribution in [2.24, 2.45) is 0 Å². The minimum Gasteiger partial charge on any atom is -0.497 e. The number of hydrogen-bond acceptors (Lipinski definition) is 4. The smallest absolute Gasteiger partial charge is 0.416 e. The molecule has 0 aliphatic carbocycles. The maximum atomic E-state index is 13.0. The van der Waals surface area contributed by atoms with Gasteiger partial charge in [0, 0.05) is 26.2 Å². The molecule has 0 amide bonds. The molecule has 1 heterocycles. The molecule has 0 aromatic heterocycles. The predicted octanol–water partition coefficient (Wildman–Crippen LogP) is 1.65. The van der Waals surface area contributed by atoms with Crippen LogP contribution >= 0.6 is 0 Å². The van der Waals surface area contributed by atoms with Gasteiger partial charge in [0.05, 0.1) is 25.3 Å². The van der Waals surface area contributed by atoms with Crippen molar-refractivity contribution in [3.8, 4) is 5.75 Å². The van der Waals surface area contributed by atoms with Crippen LogP contribution in [-0.4, -0.2) is 49.9 Å². The highest BCUT2D eigenvalue weighted by Gasteiger charge is 2.33. The van der Waals surface area contributed by atoms with E-state index in [1.165, 1.54) is 7.11 Å². The zero-order valence-electron chi connectivity index (χ0n) is 11.8. The van der Waals surface area contributed by atoms with Gasteiger partial charge in [-0.15, -0.1) is 0 Å². The summed E-state index contributed by atoms with van der Waals surface area (Å²) in [5, 5.41) is 12.8. The maximum absolute atomic E-state index is 13.0. The third kappa shape index (κ3) is 3.87. The Morgan fingerprint density at radius 1 is 1.29 bits per heavy atom. The van der Waals surface area contributed by atoms with Crippen LogP contribution in [0.3, 0.4) is 0 Å². The fraction of sp³-hybridized carbons (Fsp3) is 0.571. The van der Waals surface area contributed by atoms with Crippen LogP contribution in [0.25, 0.3) is 0 Å². The molecule has 1 fully saturated rings. The van der Waals surface area contributed by atoms with Crippen LogP contribution in [0, 0.1) is 0 Å². The Morgan fingerprint density at radius 3 is 2.48 bits per heavy atom. The molecule has 1 aromatic rings. The van der Waals surface area contributed by atoms with Gasteiger partial charge in [-0.3, -0.25) is 4.90 Å². The van der Waals surface area contributed by atoms with E-state index in [0.29, 0.717) is 18.7 Å². The van der Waals surface area contributed by atoms with Crippen molar-refractivity contribution in [3.05, 3.63) is 29.3 Å². The summed E-state index contributed by atoms with van der Waals surface area (Å²) in [6, 6.07) is 3.16. The fourth-order valence-corrected chi connectivity index (χ4v) is 2.52. The second-order valence-corrected chi connectivity index (χ2v) is 4.98. The summed E-state index contributed by atoms with van der Waals surface area (Å²) < 4.78 is 43.8. The van der Waals surface area contributed by atoms with Crippen molar-refractivity contribution in [3.63, 3.8) is 0 Å². The van der Waals surface area contributed by atoms with Crippen LogP contribution in [0.2, 0.25) is 0 Å². The van der Waals surface area contributed by atoms with Gasteiger partial charge in [0.1, 0.15) is 5.75 Å². The highest BCUT2D eigenvalue weighted by atomic mass is 19.4. The molecule has 0 spiro atoms. The van der Waals surface area contributed by atoms with Gasteiger partial charge in [-0.25, -0.2) is 0 Å². The van der Waals surface area contributed by atoms with E-state index in [0.717, 1.165) is 25.2 Å². The summed E-state index contributed by atoms with van der Waals surface area (Å²) in [7, 11) is 1.33. The largest absolute Gasteiger partial charge is 0.497 e. The maximum Gasteiger partial charge on any atom is 0.416 e. The number of hydrogen-bond donors (Lipinski definition) is 2. The van der Waals surface area contributed by atoms with E-state index in [2.05, 4.69) is 5.32 Å². The molecular weight excluding hydrogens is 285 g/mol. The zero-order chi connectivity index (χ0) is 15.5. The fourth-order valence-electron chi connectivity index (χ4n) is 2.52. The number of nitrogens with one attached hydrogen (secondary N) is 1. The van der Waals surface area contributed by atoms with Gasteiger partial charge in [0.15, 0.2) is 0 Å². The van der Waals surface area contributed by atoms with Crippen molar-refractivity contribution in [1.82, 2.24) is 10.2 Å². The molecule has 1 atom stereocenters. The topological polar surface area (TPSA) is 44.7 Å². The van der Waals surface area contributed by atoms with Gasteiger partial charge in [0.25, 0.3) is 0 Å². The minimum absolute atomic E-state index is 0.147. The third-order valence-electron chi connectivity index (χ3n) is 3.64. The van der Waals surface area contributed by atoms with Gasteiger partial charge in [-0.05, 0) is 23.8 Å². The van der Waals surface area contributed by atoms with Gasteiger partial charge in [-0.2, -0.15) is 13.2 Å². The number of methoxy groups -OCH3 is 1. The van der Waals surface area contributed by atoms with Crippen LogP contribution in [0.4, 0.5) is 13.2 Å². The number of aliphatic hydroxyl groups excluding tert-OH is 1. The summed E-state index contributed by atoms with van der Waals surface area (Å²) in [4.78, 5) is 1.98. The Balaban J connectivity index is 2.35. The lowest BCUT2D eigenvalue weighted by Crippen LogP contribution is -2.46. The van der Waals surface area contributed by atoms with Crippen molar-refractivity contribution in [1.29, 1.82) is 0 Å². The second-order valence-electron chi connectivity index (χ2n) is 4.98. The summed E-state index contributed by atoms with van der Waals surface area (Å²) in [6.07, 6.45) is -4.44. The summed E-state index contributed by atoms with van der Waals surface area (Å²) in [5.74, 6) is 0.147. The van der Waals surface area contributed by atoms with E-state index in [4.69, 9.17) is 4.74 Å². The Morgan fingerprint density at radius 2 is 1.95 bits per heavy atom. The molecule has 118 valence electrons. The molecule has 2 N–H and O–H groups in total. The SMILES string of the molecule is COc1cc([C@@H](CO)N2CCNCC2)cc(C(F)(F)F)c1. The average molecular weight is 304 g/mol. The lowest BCUT2D eigenvalue weighted by atomic mass is 10.0. The summed E-state index contributed by atoms with van der Waals surface area (Å²) >= 11 is 0. The first kappa shape index (κ1) is 16.1. The minimum atomic E-state index is -4.44. The van der Waals surface area contributed by atoms with Crippen LogP contribution in [-0.2, 0) is 6.18 Å². The number of nitrogens with zero attached hydrogens (tertiary/aromatic N) is 1. The first-order chi connectivity index (χ1) is 9.95. The molecule has 1 aliphatic rings. The van der Waals surface area contributed by atoms with Crippen LogP contribution in [0.5, 0.6) is 5.75 Å². The molecule has 0 radical (unpaired) electrons. The van der Waals surface area contributed by atoms with Gasteiger partial charge in [-0.1, -0.05) is 0 Å². The molecule has 4 nitrogen and oxygen atoms in total. The monoisotopic (exact) mass is 304 g/mol. The molecule has 0 unspecified atom stereocenters. The Bertz CT molecular complexity index is 474. The van der Waals surface area contributed by atoms with Gasteiger partial charge in [0.2, 0.25) is 0 Å². The number of piperazine rings is 1. The first-order valence-corrected chi connectivity index (χ1v) is 6.77. The zero-order valence-corrected chi connectivity index (χ0v) is 11.8. The average Bonchev–Trinajstić information content (AvgIpc) is 2.48. The number of rotatable bonds is 4. The van der Waals surface area contributed by atoms with Crippen molar-refractivity contribution in [2.45, 2.75) is 12.2 Å². The van der Waals surface area contributed by atoms with Crippen LogP contribution in [0.15, 0.2) is 18.2 Å². The highest BCUT2D eigenvalue weighted by Crippen LogP contribution is 2.35. The number of benzene rings is 1. The molecule has 2 rings (SSSR count). The Labute approximate surface area is 121 Å². The van der Waals surface area contributed by atoms with Gasteiger partial charge < -0.3 is 15.2 Å². The number of aliphatic hydroxyl groups is 1. The second kappa shape index (κ2) is 6.64. The molecular formula is C14H19F3N2O2. The summed E-state index contributed by atoms with van der Waals surface area (Å²) in [5.41, 5.74) is -0.337. The van der Waals surface area contributed by atoms with Crippen molar-refractivity contribution < 1.29 is 23.0 Å². The summed E-state index contributed by atoms with van der Waals surface area (Å²) in [6.45, 7) is 2.65. The number of ether oxygens (including phenoxy) is 1. The van der Waals surface area contributed by atoms with E-state index in [-0.39, 0.29) is 12.4 Å². The van der Waals surface area contributed by atoms with Crippen LogP contribution < -0.4 is 10.1 Å². The molecule has 1 saturated heterocycles. The van der Waals surface area contributed by atoms with E-state index in [1.54, 1.807) is 6.07 Å². The normalized spacial score (nSPS) is 18.5. The highest BCUT2D eigenvalue weighted by molar-refractivity contribution is 5.37. The Hall–Kier alpha value is -1.31. The van der Waals surface area contributed by atoms with Crippen molar-refractivity contribution in [2.75, 3.05) is 39.9 Å². The molecule has 7 heteroatoms. The van der Waals surface area contributed by atoms with E-state index in [1.807, 2.05) is 4.90 Å². The molecule has 0 bridgehead atoms. The van der Waals surface area contributed by atoms with Crippen molar-refractivity contribution >= 4 is 0 Å². The predicted molar refractivity (Wildman–Crippen MR) is 72.3 cm³/mol. The quantitative estimate of drug-likeness (QED) is 0.888.